The number of nitrogens with one attached hydrogen (secondary N) is 1. The quantitative estimate of drug-likeness (QED) is 0.787. The Morgan fingerprint density at radius 1 is 1.37 bits per heavy atom. The topological polar surface area (TPSA) is 112 Å². The molecule has 1 unspecified atom stereocenters. The second kappa shape index (κ2) is 7.43. The van der Waals surface area contributed by atoms with Gasteiger partial charge in [-0.1, -0.05) is 11.3 Å². The summed E-state index contributed by atoms with van der Waals surface area (Å²) < 4.78 is 5.43. The van der Waals surface area contributed by atoms with Gasteiger partial charge in [0.25, 0.3) is 0 Å². The van der Waals surface area contributed by atoms with Crippen LogP contribution in [0.1, 0.15) is 37.8 Å². The smallest absolute Gasteiger partial charge is 0.423 e. The summed E-state index contributed by atoms with van der Waals surface area (Å²) in [6.07, 6.45) is -0.636. The van der Waals surface area contributed by atoms with Gasteiger partial charge in [0.05, 0.1) is 18.2 Å². The lowest BCUT2D eigenvalue weighted by molar-refractivity contribution is -0.121. The number of thiazole rings is 1. The minimum atomic E-state index is -0.993. The molecule has 0 radical (unpaired) electrons. The normalized spacial score (nSPS) is 19.5. The third-order valence-corrected chi connectivity index (χ3v) is 5.46. The molecule has 27 heavy (non-hydrogen) atoms. The van der Waals surface area contributed by atoms with E-state index in [1.54, 1.807) is 20.8 Å². The third-order valence-electron chi connectivity index (χ3n) is 4.39. The van der Waals surface area contributed by atoms with Crippen LogP contribution in [0.5, 0.6) is 0 Å². The van der Waals surface area contributed by atoms with Gasteiger partial charge >= 0.3 is 12.2 Å². The van der Waals surface area contributed by atoms with E-state index in [2.05, 4.69) is 10.3 Å². The van der Waals surface area contributed by atoms with E-state index in [0.29, 0.717) is 25.9 Å². The number of hydrogen-bond donors (Lipinski definition) is 2. The highest BCUT2D eigenvalue weighted by Crippen LogP contribution is 2.33. The van der Waals surface area contributed by atoms with Gasteiger partial charge in [0.15, 0.2) is 0 Å². The molecule has 1 atom stereocenters. The molecule has 1 fully saturated rings. The Balaban J connectivity index is 1.90. The molecule has 0 spiro atoms. The van der Waals surface area contributed by atoms with Gasteiger partial charge < -0.3 is 20.1 Å². The molecule has 1 aromatic rings. The number of ether oxygens (including phenoxy) is 1. The van der Waals surface area contributed by atoms with Crippen LogP contribution in [0.15, 0.2) is 0 Å². The van der Waals surface area contributed by atoms with Crippen molar-refractivity contribution in [1.29, 1.82) is 0 Å². The van der Waals surface area contributed by atoms with E-state index in [1.165, 1.54) is 16.2 Å². The molecule has 3 rings (SSSR count). The van der Waals surface area contributed by atoms with Crippen molar-refractivity contribution in [3.05, 3.63) is 10.6 Å². The fourth-order valence-electron chi connectivity index (χ4n) is 3.06. The molecular weight excluding hydrogens is 372 g/mol. The SMILES string of the molecule is CC(C)(C)OC(=O)N(C(=O)C1CCNC1)c1nc2c(s1)CN(C(=O)O)CC2. The van der Waals surface area contributed by atoms with E-state index in [1.807, 2.05) is 0 Å². The van der Waals surface area contributed by atoms with Crippen molar-refractivity contribution in [2.75, 3.05) is 24.5 Å². The number of carboxylic acid groups (broad SMARTS) is 1. The molecule has 2 aliphatic rings. The van der Waals surface area contributed by atoms with Crippen LogP contribution in [0.25, 0.3) is 0 Å². The Morgan fingerprint density at radius 3 is 2.70 bits per heavy atom. The number of amides is 3. The minimum absolute atomic E-state index is 0.212. The molecule has 10 heteroatoms. The molecule has 3 heterocycles. The van der Waals surface area contributed by atoms with Gasteiger partial charge in [0.2, 0.25) is 11.0 Å². The molecular formula is C17H24N4O5S. The maximum Gasteiger partial charge on any atom is 0.423 e. The highest BCUT2D eigenvalue weighted by Gasteiger charge is 2.37. The first kappa shape index (κ1) is 19.6. The lowest BCUT2D eigenvalue weighted by Gasteiger charge is -2.26. The third kappa shape index (κ3) is 4.38. The summed E-state index contributed by atoms with van der Waals surface area (Å²) in [6.45, 7) is 7.01. The van der Waals surface area contributed by atoms with Crippen LogP contribution in [0.2, 0.25) is 0 Å². The first-order valence-corrected chi connectivity index (χ1v) is 9.71. The molecule has 2 aliphatic heterocycles. The van der Waals surface area contributed by atoms with Crippen LogP contribution in [0.4, 0.5) is 14.7 Å². The molecule has 0 aromatic carbocycles. The second-order valence-electron chi connectivity index (χ2n) is 7.66. The Morgan fingerprint density at radius 2 is 2.11 bits per heavy atom. The van der Waals surface area contributed by atoms with Gasteiger partial charge in [-0.25, -0.2) is 14.6 Å². The first-order valence-electron chi connectivity index (χ1n) is 8.90. The van der Waals surface area contributed by atoms with Gasteiger partial charge in [-0.15, -0.1) is 0 Å². The van der Waals surface area contributed by atoms with E-state index >= 15 is 0 Å². The predicted octanol–water partition coefficient (Wildman–Crippen LogP) is 2.06. The number of carbonyl (C=O) groups excluding carboxylic acids is 2. The number of rotatable bonds is 2. The van der Waals surface area contributed by atoms with Gasteiger partial charge in [0, 0.05) is 24.4 Å². The van der Waals surface area contributed by atoms with Crippen LogP contribution in [0.3, 0.4) is 0 Å². The number of anilines is 1. The van der Waals surface area contributed by atoms with Crippen LogP contribution in [-0.4, -0.2) is 58.3 Å². The lowest BCUT2D eigenvalue weighted by atomic mass is 10.1. The van der Waals surface area contributed by atoms with Crippen molar-refractivity contribution in [3.63, 3.8) is 0 Å². The van der Waals surface area contributed by atoms with Crippen LogP contribution < -0.4 is 10.2 Å². The Hall–Kier alpha value is -2.20. The number of fused-ring (bicyclic) bond motifs is 1. The molecule has 9 nitrogen and oxygen atoms in total. The Bertz CT molecular complexity index is 751. The molecule has 0 saturated carbocycles. The number of nitrogens with zero attached hydrogens (tertiary/aromatic N) is 3. The maximum atomic E-state index is 13.0. The minimum Gasteiger partial charge on any atom is -0.465 e. The number of carbonyl (C=O) groups is 3. The van der Waals surface area contributed by atoms with Gasteiger partial charge in [-0.2, -0.15) is 4.90 Å². The molecule has 3 amide bonds. The monoisotopic (exact) mass is 396 g/mol. The van der Waals surface area contributed by atoms with Gasteiger partial charge in [0.1, 0.15) is 5.60 Å². The highest BCUT2D eigenvalue weighted by molar-refractivity contribution is 7.16. The molecule has 148 valence electrons. The van der Waals surface area contributed by atoms with Crippen molar-refractivity contribution >= 4 is 34.6 Å². The summed E-state index contributed by atoms with van der Waals surface area (Å²) >= 11 is 1.17. The zero-order valence-electron chi connectivity index (χ0n) is 15.7. The number of aromatic nitrogens is 1. The summed E-state index contributed by atoms with van der Waals surface area (Å²) in [4.78, 5) is 44.5. The van der Waals surface area contributed by atoms with E-state index in [-0.39, 0.29) is 23.5 Å². The van der Waals surface area contributed by atoms with Gasteiger partial charge in [-0.3, -0.25) is 4.79 Å². The summed E-state index contributed by atoms with van der Waals surface area (Å²) in [7, 11) is 0. The Labute approximate surface area is 161 Å². The largest absolute Gasteiger partial charge is 0.465 e. The van der Waals surface area contributed by atoms with E-state index in [0.717, 1.165) is 22.0 Å². The zero-order chi connectivity index (χ0) is 19.8. The van der Waals surface area contributed by atoms with E-state index in [4.69, 9.17) is 4.74 Å². The molecule has 1 saturated heterocycles. The van der Waals surface area contributed by atoms with Crippen molar-refractivity contribution in [1.82, 2.24) is 15.2 Å². The highest BCUT2D eigenvalue weighted by atomic mass is 32.1. The number of imide groups is 1. The van der Waals surface area contributed by atoms with Crippen molar-refractivity contribution in [2.45, 2.75) is 45.8 Å². The summed E-state index contributed by atoms with van der Waals surface area (Å²) in [5.41, 5.74) is -0.0148. The van der Waals surface area contributed by atoms with Crippen LogP contribution in [0, 0.1) is 5.92 Å². The summed E-state index contributed by atoms with van der Waals surface area (Å²) in [6, 6.07) is 0. The average Bonchev–Trinajstić information content (AvgIpc) is 3.21. The fraction of sp³-hybridized carbons (Fsp3) is 0.647. The molecule has 2 N–H and O–H groups in total. The second-order valence-corrected chi connectivity index (χ2v) is 8.73. The van der Waals surface area contributed by atoms with E-state index in [9.17, 15) is 19.5 Å². The molecule has 0 bridgehead atoms. The zero-order valence-corrected chi connectivity index (χ0v) is 16.5. The van der Waals surface area contributed by atoms with E-state index < -0.39 is 17.8 Å². The van der Waals surface area contributed by atoms with Crippen molar-refractivity contribution < 1.29 is 24.2 Å². The summed E-state index contributed by atoms with van der Waals surface area (Å²) in [5.74, 6) is -0.649. The first-order chi connectivity index (χ1) is 12.7. The summed E-state index contributed by atoms with van der Waals surface area (Å²) in [5, 5.41) is 12.6. The fourth-order valence-corrected chi connectivity index (χ4v) is 4.18. The maximum absolute atomic E-state index is 13.0. The Kier molecular flexibility index (Phi) is 5.38. The number of hydrogen-bond acceptors (Lipinski definition) is 7. The van der Waals surface area contributed by atoms with Crippen LogP contribution >= 0.6 is 11.3 Å². The lowest BCUT2D eigenvalue weighted by Crippen LogP contribution is -2.44. The van der Waals surface area contributed by atoms with Crippen molar-refractivity contribution in [3.8, 4) is 0 Å². The van der Waals surface area contributed by atoms with Crippen molar-refractivity contribution in [2.24, 2.45) is 5.92 Å². The predicted molar refractivity (Wildman–Crippen MR) is 98.9 cm³/mol. The van der Waals surface area contributed by atoms with Gasteiger partial charge in [-0.05, 0) is 33.7 Å². The molecule has 1 aromatic heterocycles. The van der Waals surface area contributed by atoms with Crippen LogP contribution in [-0.2, 0) is 22.5 Å². The average molecular weight is 396 g/mol. The molecule has 0 aliphatic carbocycles. The standard InChI is InChI=1S/C17H24N4O5S/c1-17(2,3)26-16(25)21(13(22)10-4-6-18-8-10)14-19-11-5-7-20(15(23)24)9-12(11)27-14/h10,18H,4-9H2,1-3H3,(H,23,24).